The highest BCUT2D eigenvalue weighted by Crippen LogP contribution is 2.72. The van der Waals surface area contributed by atoms with Gasteiger partial charge in [-0.2, -0.15) is 4.39 Å². The first-order valence-electron chi connectivity index (χ1n) is 22.1. The van der Waals surface area contributed by atoms with Crippen molar-refractivity contribution in [2.75, 3.05) is 13.8 Å². The molecule has 0 heterocycles. The Morgan fingerprint density at radius 3 is 0.699 bits per heavy atom. The van der Waals surface area contributed by atoms with Gasteiger partial charge in [0.05, 0.1) is 34.9 Å². The van der Waals surface area contributed by atoms with E-state index in [1.54, 1.807) is 7.05 Å². The Balaban J connectivity index is 0.000000342. The molecule has 0 spiro atoms. The van der Waals surface area contributed by atoms with E-state index >= 15 is 87.8 Å². The third-order valence-corrected chi connectivity index (χ3v) is 21.2. The summed E-state index contributed by atoms with van der Waals surface area (Å²) in [6.45, 7) is -0.306. The van der Waals surface area contributed by atoms with Crippen molar-refractivity contribution in [2.24, 2.45) is 0 Å². The van der Waals surface area contributed by atoms with Crippen LogP contribution in [0.3, 0.4) is 0 Å². The topological polar surface area (TPSA) is 16.6 Å². The highest BCUT2D eigenvalue weighted by atomic mass is 27.2. The van der Waals surface area contributed by atoms with Crippen molar-refractivity contribution in [3.8, 4) is 11.1 Å². The van der Waals surface area contributed by atoms with Crippen LogP contribution in [0.5, 0.6) is 0 Å². The molecule has 440 valence electrons. The van der Waals surface area contributed by atoms with Gasteiger partial charge in [-0.1, -0.05) is 37.3 Å². The fourth-order valence-electron chi connectivity index (χ4n) is 11.0. The maximum Gasteiger partial charge on any atom is 0.218 e. The number of nitrogens with two attached hydrogens (primary N) is 1. The van der Waals surface area contributed by atoms with Crippen molar-refractivity contribution in [3.63, 3.8) is 0 Å². The van der Waals surface area contributed by atoms with E-state index in [1.165, 1.54) is 17.4 Å². The van der Waals surface area contributed by atoms with Gasteiger partial charge in [0.2, 0.25) is 25.7 Å². The molecule has 0 aliphatic heterocycles. The Morgan fingerprint density at radius 2 is 0.482 bits per heavy atom. The van der Waals surface area contributed by atoms with Gasteiger partial charge in [-0.15, -0.1) is 0 Å². The first kappa shape index (κ1) is 61.7. The Kier molecular flexibility index (Phi) is 16.1. The molecule has 4 aliphatic carbocycles. The number of halogens is 31. The summed E-state index contributed by atoms with van der Waals surface area (Å²) in [6, 6.07) is 4.22. The van der Waals surface area contributed by atoms with Crippen molar-refractivity contribution in [2.45, 2.75) is 19.1 Å². The van der Waals surface area contributed by atoms with Gasteiger partial charge in [-0.25, -0.2) is 132 Å². The second-order valence-corrected chi connectivity index (χ2v) is 22.9. The number of hydrogen-bond donors (Lipinski definition) is 1. The predicted molar refractivity (Wildman–Crippen MR) is 224 cm³/mol. The van der Waals surface area contributed by atoms with E-state index in [-0.39, 0.29) is 6.80 Å². The largest absolute Gasteiger partial charge is 0.322 e. The second kappa shape index (κ2) is 21.7. The fourth-order valence-corrected chi connectivity index (χ4v) is 19.5. The van der Waals surface area contributed by atoms with E-state index in [0.717, 1.165) is 12.1 Å². The standard InChI is InChI=1S/C12H4F6.4C9HF6.C2H6FN.Al/c13-6-4-2-1-3-5(6)7-8(14)10(16)12(18)11(17)9(7)15;4*10-3-1-2-4(6(3)12)7(13)9(15)8(14)5(2)11;1-4-2-3;/h1-4H;4*1H;4H,2H2,1H3;/q;;;;;;-1/p+1. The zero-order valence-corrected chi connectivity index (χ0v) is 40.4. The van der Waals surface area contributed by atoms with E-state index in [1.807, 2.05) is 0 Å². The van der Waals surface area contributed by atoms with Gasteiger partial charge in [0.15, 0.2) is 140 Å². The number of hydrogen-bond acceptors (Lipinski definition) is 0. The van der Waals surface area contributed by atoms with Gasteiger partial charge in [0, 0.05) is 5.56 Å². The molecule has 0 amide bonds. The molecule has 2 N–H and O–H groups in total. The van der Waals surface area contributed by atoms with Crippen LogP contribution in [0.1, 0.15) is 63.6 Å². The van der Waals surface area contributed by atoms with E-state index in [0.29, 0.717) is 0 Å². The molecule has 0 saturated carbocycles. The molecule has 0 aromatic heterocycles. The lowest BCUT2D eigenvalue weighted by atomic mass is 10.0. The van der Waals surface area contributed by atoms with Gasteiger partial charge in [-0.05, 0) is 28.3 Å². The van der Waals surface area contributed by atoms with E-state index in [2.05, 4.69) is 0 Å². The van der Waals surface area contributed by atoms with Crippen LogP contribution in [0.2, 0.25) is 0 Å². The minimum absolute atomic E-state index is 0.306. The molecule has 1 nitrogen and oxygen atoms in total. The van der Waals surface area contributed by atoms with E-state index in [9.17, 15) is 48.3 Å². The Hall–Kier alpha value is -7.40. The Labute approximate surface area is 441 Å². The van der Waals surface area contributed by atoms with Crippen LogP contribution in [0.25, 0.3) is 34.4 Å². The molecule has 0 fully saturated rings. The molecular formula is C50H15AlF31N. The second-order valence-electron chi connectivity index (χ2n) is 17.9. The number of allylic oxidation sites excluding steroid dienone is 4. The van der Waals surface area contributed by atoms with Gasteiger partial charge in [-0.3, -0.25) is 0 Å². The molecule has 0 radical (unpaired) electrons. The third kappa shape index (κ3) is 8.38. The van der Waals surface area contributed by atoms with Gasteiger partial charge in [0.25, 0.3) is 0 Å². The molecule has 4 aliphatic rings. The zero-order valence-electron chi connectivity index (χ0n) is 39.2. The summed E-state index contributed by atoms with van der Waals surface area (Å²) in [4.78, 5) is 0. The van der Waals surface area contributed by atoms with E-state index < -0.39 is 262 Å². The summed E-state index contributed by atoms with van der Waals surface area (Å²) in [5.74, 6) is -89.2. The quantitative estimate of drug-likeness (QED) is 0.0563. The SMILES string of the molecule is C[NH2+]CF.FC1=C(F)[CH]([Al-]([CH]2C(F)=C(F)c3c(F)c(F)c(F)c(F)c32)([CH]2C(F)=C(F)c3c(F)c(F)c(F)c(F)c32)[CH]2C(F)=C(F)c3c(F)c(F)c(F)c(F)c32)c2c(F)c(F)c(F)c(F)c21.Fc1ccccc1-c1c(F)c(F)c(F)c(F)c1F. The average molecular weight is 1250 g/mol. The molecule has 0 bridgehead atoms. The summed E-state index contributed by atoms with van der Waals surface area (Å²) in [5, 5.41) is 1.46. The minimum atomic E-state index is -8.89. The minimum Gasteiger partial charge on any atom is -0.322 e. The predicted octanol–water partition coefficient (Wildman–Crippen LogP) is 16.7. The van der Waals surface area contributed by atoms with Crippen LogP contribution in [0.15, 0.2) is 47.6 Å². The third-order valence-electron chi connectivity index (χ3n) is 14.1. The van der Waals surface area contributed by atoms with Crippen LogP contribution in [0, 0.1) is 128 Å². The normalized spacial score (nSPS) is 18.6. The fraction of sp³-hybridized carbons (Fsp3) is 0.120. The van der Waals surface area contributed by atoms with Crippen molar-refractivity contribution in [1.29, 1.82) is 0 Å². The number of fused-ring (bicyclic) bond motifs is 4. The molecular weight excluding hydrogens is 1230 g/mol. The van der Waals surface area contributed by atoms with Gasteiger partial charge in [0.1, 0.15) is 29.1 Å². The molecule has 6 aromatic rings. The van der Waals surface area contributed by atoms with Gasteiger partial charge >= 0.3 is 0 Å². The number of alkyl halides is 1. The molecule has 6 aromatic carbocycles. The number of quaternary nitrogens is 1. The van der Waals surface area contributed by atoms with Crippen molar-refractivity contribution >= 4 is 36.4 Å². The summed E-state index contributed by atoms with van der Waals surface area (Å²) in [6.07, 6.45) is 0. The monoisotopic (exact) mass is 1250 g/mol. The molecule has 83 heavy (non-hydrogen) atoms. The van der Waals surface area contributed by atoms with Crippen LogP contribution < -0.4 is 5.32 Å². The molecule has 0 saturated heterocycles. The van der Waals surface area contributed by atoms with Crippen LogP contribution >= 0.6 is 0 Å². The van der Waals surface area contributed by atoms with Crippen LogP contribution in [-0.4, -0.2) is 26.9 Å². The van der Waals surface area contributed by atoms with Crippen molar-refractivity contribution in [1.82, 2.24) is 0 Å². The Bertz CT molecular complexity index is 3570. The maximum atomic E-state index is 17.0. The first-order chi connectivity index (χ1) is 38.7. The van der Waals surface area contributed by atoms with E-state index in [4.69, 9.17) is 0 Å². The van der Waals surface area contributed by atoms with Gasteiger partial charge < -0.3 is 5.32 Å². The smallest absolute Gasteiger partial charge is 0.218 e. The number of benzene rings is 6. The highest BCUT2D eigenvalue weighted by Gasteiger charge is 2.70. The molecule has 33 heteroatoms. The lowest BCUT2D eigenvalue weighted by molar-refractivity contribution is -0.647. The highest BCUT2D eigenvalue weighted by molar-refractivity contribution is 6.88. The maximum absolute atomic E-state index is 17.0. The molecule has 4 atom stereocenters. The molecule has 10 rings (SSSR count). The van der Waals surface area contributed by atoms with Crippen molar-refractivity contribution in [3.05, 3.63) is 220 Å². The van der Waals surface area contributed by atoms with Crippen LogP contribution in [-0.2, 0) is 0 Å². The molecule has 4 unspecified atom stereocenters. The lowest BCUT2D eigenvalue weighted by Crippen LogP contribution is -2.78. The van der Waals surface area contributed by atoms with Crippen LogP contribution in [0.4, 0.5) is 136 Å². The lowest BCUT2D eigenvalue weighted by Gasteiger charge is -2.54. The summed E-state index contributed by atoms with van der Waals surface area (Å²) in [5.41, 5.74) is -23.6. The first-order valence-corrected chi connectivity index (χ1v) is 24.8. The van der Waals surface area contributed by atoms with Crippen molar-refractivity contribution < 1.29 is 141 Å². The summed E-state index contributed by atoms with van der Waals surface area (Å²) >= 11 is -8.89. The summed E-state index contributed by atoms with van der Waals surface area (Å²) in [7, 11) is 1.68. The summed E-state index contributed by atoms with van der Waals surface area (Å²) < 4.78 is 449. The number of rotatable bonds is 6. The zero-order chi connectivity index (χ0) is 62.1. The average Bonchev–Trinajstić information content (AvgIpc) is 1.55. The Morgan fingerprint density at radius 1 is 0.289 bits per heavy atom.